The molecule has 1 saturated heterocycles. The number of halogens is 2. The Morgan fingerprint density at radius 2 is 2.15 bits per heavy atom. The second-order valence-electron chi connectivity index (χ2n) is 7.18. The quantitative estimate of drug-likeness (QED) is 0.334. The minimum absolute atomic E-state index is 0. The van der Waals surface area contributed by atoms with E-state index in [1.807, 2.05) is 25.2 Å². The first-order valence-electron chi connectivity index (χ1n) is 9.54. The van der Waals surface area contributed by atoms with Gasteiger partial charge in [-0.25, -0.2) is 0 Å². The SMILES string of the molecule is CN=C(NCCc1ccc(OC)cc1Cl)NCC1CCCN(C(C)C)C1.I. The van der Waals surface area contributed by atoms with Crippen LogP contribution in [-0.4, -0.2) is 57.2 Å². The number of aliphatic imine (C=N–C) groups is 1. The number of hydrogen-bond acceptors (Lipinski definition) is 3. The largest absolute Gasteiger partial charge is 0.497 e. The van der Waals surface area contributed by atoms with Crippen molar-refractivity contribution in [2.45, 2.75) is 39.2 Å². The van der Waals surface area contributed by atoms with Crippen molar-refractivity contribution in [1.82, 2.24) is 15.5 Å². The van der Waals surface area contributed by atoms with E-state index < -0.39 is 0 Å². The summed E-state index contributed by atoms with van der Waals surface area (Å²) in [7, 11) is 3.46. The number of likely N-dealkylation sites (tertiary alicyclic amines) is 1. The number of benzene rings is 1. The van der Waals surface area contributed by atoms with Crippen LogP contribution in [0.5, 0.6) is 5.75 Å². The summed E-state index contributed by atoms with van der Waals surface area (Å²) in [4.78, 5) is 6.90. The van der Waals surface area contributed by atoms with Gasteiger partial charge in [-0.05, 0) is 63.3 Å². The van der Waals surface area contributed by atoms with E-state index in [4.69, 9.17) is 16.3 Å². The molecule has 5 nitrogen and oxygen atoms in total. The molecule has 0 bridgehead atoms. The maximum absolute atomic E-state index is 6.30. The molecule has 2 N–H and O–H groups in total. The zero-order valence-electron chi connectivity index (χ0n) is 16.9. The molecule has 1 aromatic rings. The highest BCUT2D eigenvalue weighted by Crippen LogP contribution is 2.22. The van der Waals surface area contributed by atoms with E-state index >= 15 is 0 Å². The van der Waals surface area contributed by atoms with Gasteiger partial charge in [-0.2, -0.15) is 0 Å². The zero-order valence-corrected chi connectivity index (χ0v) is 20.0. The second-order valence-corrected chi connectivity index (χ2v) is 7.59. The average molecular weight is 509 g/mol. The number of guanidine groups is 1. The standard InChI is InChI=1S/C20H33ClN4O.HI/c1-15(2)25-11-5-6-16(14-25)13-24-20(22-3)23-10-9-17-7-8-18(26-4)12-19(17)21;/h7-8,12,15-16H,5-6,9-11,13-14H2,1-4H3,(H2,22,23,24);1H. The topological polar surface area (TPSA) is 48.9 Å². The van der Waals surface area contributed by atoms with Crippen LogP contribution in [0.3, 0.4) is 0 Å². The lowest BCUT2D eigenvalue weighted by Crippen LogP contribution is -2.46. The lowest BCUT2D eigenvalue weighted by atomic mass is 9.97. The summed E-state index contributed by atoms with van der Waals surface area (Å²) < 4.78 is 5.19. The molecule has 0 radical (unpaired) electrons. The fraction of sp³-hybridized carbons (Fsp3) is 0.650. The van der Waals surface area contributed by atoms with E-state index in [9.17, 15) is 0 Å². The lowest BCUT2D eigenvalue weighted by molar-refractivity contribution is 0.141. The van der Waals surface area contributed by atoms with Crippen LogP contribution in [0, 0.1) is 5.92 Å². The Morgan fingerprint density at radius 3 is 2.78 bits per heavy atom. The molecule has 1 unspecified atom stereocenters. The monoisotopic (exact) mass is 508 g/mol. The van der Waals surface area contributed by atoms with Crippen LogP contribution in [0.4, 0.5) is 0 Å². The number of hydrogen-bond donors (Lipinski definition) is 2. The van der Waals surface area contributed by atoms with Crippen LogP contribution in [0.15, 0.2) is 23.2 Å². The molecule has 7 heteroatoms. The summed E-state index contributed by atoms with van der Waals surface area (Å²) >= 11 is 6.30. The highest BCUT2D eigenvalue weighted by molar-refractivity contribution is 14.0. The van der Waals surface area contributed by atoms with Crippen LogP contribution in [0.1, 0.15) is 32.3 Å². The highest BCUT2D eigenvalue weighted by atomic mass is 127. The van der Waals surface area contributed by atoms with Gasteiger partial charge in [-0.3, -0.25) is 4.99 Å². The van der Waals surface area contributed by atoms with E-state index in [1.54, 1.807) is 7.11 Å². The van der Waals surface area contributed by atoms with Crippen LogP contribution in [0.2, 0.25) is 5.02 Å². The van der Waals surface area contributed by atoms with Crippen molar-refractivity contribution in [3.8, 4) is 5.75 Å². The third-order valence-electron chi connectivity index (χ3n) is 5.01. The van der Waals surface area contributed by atoms with Crippen molar-refractivity contribution in [3.05, 3.63) is 28.8 Å². The van der Waals surface area contributed by atoms with Crippen LogP contribution >= 0.6 is 35.6 Å². The van der Waals surface area contributed by atoms with E-state index in [0.29, 0.717) is 12.0 Å². The Kier molecular flexibility index (Phi) is 11.4. The van der Waals surface area contributed by atoms with Gasteiger partial charge in [-0.15, -0.1) is 24.0 Å². The first-order valence-corrected chi connectivity index (χ1v) is 9.92. The van der Waals surface area contributed by atoms with E-state index in [-0.39, 0.29) is 24.0 Å². The lowest BCUT2D eigenvalue weighted by Gasteiger charge is -2.35. The highest BCUT2D eigenvalue weighted by Gasteiger charge is 2.21. The van der Waals surface area contributed by atoms with Gasteiger partial charge in [0.25, 0.3) is 0 Å². The van der Waals surface area contributed by atoms with Crippen molar-refractivity contribution in [2.24, 2.45) is 10.9 Å². The van der Waals surface area contributed by atoms with Gasteiger partial charge >= 0.3 is 0 Å². The number of nitrogens with one attached hydrogen (secondary N) is 2. The van der Waals surface area contributed by atoms with Crippen molar-refractivity contribution >= 4 is 41.5 Å². The van der Waals surface area contributed by atoms with Gasteiger partial charge in [0.1, 0.15) is 5.75 Å². The molecule has 1 fully saturated rings. The maximum atomic E-state index is 6.30. The normalized spacial score (nSPS) is 18.1. The minimum Gasteiger partial charge on any atom is -0.497 e. The summed E-state index contributed by atoms with van der Waals surface area (Å²) in [6.07, 6.45) is 3.41. The van der Waals surface area contributed by atoms with Crippen molar-refractivity contribution in [1.29, 1.82) is 0 Å². The van der Waals surface area contributed by atoms with Gasteiger partial charge in [0.05, 0.1) is 7.11 Å². The predicted molar refractivity (Wildman–Crippen MR) is 126 cm³/mol. The smallest absolute Gasteiger partial charge is 0.190 e. The number of rotatable bonds is 7. The Labute approximate surface area is 186 Å². The molecular formula is C20H34ClIN4O. The summed E-state index contributed by atoms with van der Waals surface area (Å²) in [5.41, 5.74) is 1.11. The second kappa shape index (κ2) is 12.7. The molecule has 1 heterocycles. The molecule has 0 amide bonds. The van der Waals surface area contributed by atoms with Crippen molar-refractivity contribution in [2.75, 3.05) is 40.3 Å². The number of ether oxygens (including phenoxy) is 1. The molecule has 1 atom stereocenters. The number of piperidine rings is 1. The molecular weight excluding hydrogens is 475 g/mol. The van der Waals surface area contributed by atoms with Crippen LogP contribution in [0.25, 0.3) is 0 Å². The number of methoxy groups -OCH3 is 1. The Morgan fingerprint density at radius 1 is 1.37 bits per heavy atom. The van der Waals surface area contributed by atoms with Gasteiger partial charge in [0.15, 0.2) is 5.96 Å². The fourth-order valence-corrected chi connectivity index (χ4v) is 3.63. The van der Waals surface area contributed by atoms with Crippen LogP contribution < -0.4 is 15.4 Å². The summed E-state index contributed by atoms with van der Waals surface area (Å²) in [6, 6.07) is 6.44. The third-order valence-corrected chi connectivity index (χ3v) is 5.36. The predicted octanol–water partition coefficient (Wildman–Crippen LogP) is 3.79. The molecule has 1 aliphatic rings. The average Bonchev–Trinajstić information content (AvgIpc) is 2.65. The first kappa shape index (κ1) is 24.3. The molecule has 0 aliphatic carbocycles. The molecule has 0 spiro atoms. The summed E-state index contributed by atoms with van der Waals surface area (Å²) in [5, 5.41) is 7.60. The number of nitrogens with zero attached hydrogens (tertiary/aromatic N) is 2. The third kappa shape index (κ3) is 8.03. The molecule has 154 valence electrons. The van der Waals surface area contributed by atoms with Gasteiger partial charge in [0.2, 0.25) is 0 Å². The fourth-order valence-electron chi connectivity index (χ4n) is 3.37. The first-order chi connectivity index (χ1) is 12.5. The van der Waals surface area contributed by atoms with E-state index in [0.717, 1.165) is 41.8 Å². The molecule has 1 aromatic carbocycles. The van der Waals surface area contributed by atoms with Crippen molar-refractivity contribution < 1.29 is 4.74 Å². The Hall–Kier alpha value is -0.730. The molecule has 0 saturated carbocycles. The zero-order chi connectivity index (χ0) is 18.9. The molecule has 2 rings (SSSR count). The van der Waals surface area contributed by atoms with Crippen LogP contribution in [-0.2, 0) is 6.42 Å². The summed E-state index contributed by atoms with van der Waals surface area (Å²) in [6.45, 7) is 8.70. The van der Waals surface area contributed by atoms with Gasteiger partial charge in [0, 0.05) is 37.7 Å². The maximum Gasteiger partial charge on any atom is 0.190 e. The summed E-state index contributed by atoms with van der Waals surface area (Å²) in [5.74, 6) is 2.32. The Balaban J connectivity index is 0.00000364. The molecule has 27 heavy (non-hydrogen) atoms. The molecule has 0 aromatic heterocycles. The van der Waals surface area contributed by atoms with E-state index in [2.05, 4.69) is 34.4 Å². The molecule has 1 aliphatic heterocycles. The van der Waals surface area contributed by atoms with Crippen molar-refractivity contribution in [3.63, 3.8) is 0 Å². The Bertz CT molecular complexity index is 597. The van der Waals surface area contributed by atoms with Gasteiger partial charge in [-0.1, -0.05) is 17.7 Å². The van der Waals surface area contributed by atoms with Gasteiger partial charge < -0.3 is 20.3 Å². The van der Waals surface area contributed by atoms with E-state index in [1.165, 1.54) is 25.9 Å². The minimum atomic E-state index is 0.